The zero-order valence-corrected chi connectivity index (χ0v) is 10.6. The standard InChI is InChI=1S/C13H21NO/c1-12(2,3)9-7-8-10(13(4,5)6)14-11(9)15/h7-8H,1-6H3,(H,14,15). The molecule has 0 unspecified atom stereocenters. The number of hydrogen-bond acceptors (Lipinski definition) is 1. The van der Waals surface area contributed by atoms with Crippen molar-refractivity contribution in [1.82, 2.24) is 4.98 Å². The molecule has 0 spiro atoms. The van der Waals surface area contributed by atoms with E-state index in [1.54, 1.807) is 0 Å². The van der Waals surface area contributed by atoms with Crippen LogP contribution in [0.5, 0.6) is 0 Å². The Hall–Kier alpha value is -1.05. The van der Waals surface area contributed by atoms with Crippen molar-refractivity contribution < 1.29 is 0 Å². The molecule has 15 heavy (non-hydrogen) atoms. The number of aromatic amines is 1. The van der Waals surface area contributed by atoms with Crippen LogP contribution in [0.2, 0.25) is 0 Å². The van der Waals surface area contributed by atoms with Crippen LogP contribution in [-0.4, -0.2) is 4.98 Å². The zero-order valence-electron chi connectivity index (χ0n) is 10.6. The van der Waals surface area contributed by atoms with Gasteiger partial charge in [-0.05, 0) is 11.5 Å². The lowest BCUT2D eigenvalue weighted by Gasteiger charge is -2.22. The molecule has 0 fully saturated rings. The van der Waals surface area contributed by atoms with E-state index < -0.39 is 0 Å². The Labute approximate surface area is 91.7 Å². The lowest BCUT2D eigenvalue weighted by Crippen LogP contribution is -2.27. The summed E-state index contributed by atoms with van der Waals surface area (Å²) >= 11 is 0. The van der Waals surface area contributed by atoms with E-state index in [0.717, 1.165) is 11.3 Å². The fourth-order valence-electron chi connectivity index (χ4n) is 1.50. The minimum atomic E-state index is -0.0933. The van der Waals surface area contributed by atoms with Gasteiger partial charge in [-0.25, -0.2) is 0 Å². The van der Waals surface area contributed by atoms with Crippen molar-refractivity contribution in [2.75, 3.05) is 0 Å². The number of hydrogen-bond donors (Lipinski definition) is 1. The van der Waals surface area contributed by atoms with E-state index in [0.29, 0.717) is 0 Å². The Morgan fingerprint density at radius 1 is 0.933 bits per heavy atom. The van der Waals surface area contributed by atoms with Gasteiger partial charge in [-0.15, -0.1) is 0 Å². The number of aromatic nitrogens is 1. The summed E-state index contributed by atoms with van der Waals surface area (Å²) in [6.45, 7) is 12.4. The molecular formula is C13H21NO. The monoisotopic (exact) mass is 207 g/mol. The van der Waals surface area contributed by atoms with Crippen molar-refractivity contribution in [2.45, 2.75) is 52.4 Å². The molecule has 2 nitrogen and oxygen atoms in total. The highest BCUT2D eigenvalue weighted by Crippen LogP contribution is 2.22. The van der Waals surface area contributed by atoms with Crippen LogP contribution in [0.4, 0.5) is 0 Å². The Bertz CT molecular complexity index is 402. The molecule has 84 valence electrons. The summed E-state index contributed by atoms with van der Waals surface area (Å²) in [5, 5.41) is 0. The van der Waals surface area contributed by atoms with Crippen LogP contribution >= 0.6 is 0 Å². The predicted molar refractivity (Wildman–Crippen MR) is 64.5 cm³/mol. The first kappa shape index (κ1) is 12.0. The molecule has 2 heteroatoms. The van der Waals surface area contributed by atoms with Crippen molar-refractivity contribution in [3.8, 4) is 0 Å². The number of H-pyrrole nitrogens is 1. The highest BCUT2D eigenvalue weighted by Gasteiger charge is 2.20. The molecule has 0 aromatic carbocycles. The van der Waals surface area contributed by atoms with Gasteiger partial charge in [-0.1, -0.05) is 47.6 Å². The fourth-order valence-corrected chi connectivity index (χ4v) is 1.50. The number of nitrogens with one attached hydrogen (secondary N) is 1. The highest BCUT2D eigenvalue weighted by molar-refractivity contribution is 5.24. The third kappa shape index (κ3) is 2.71. The maximum absolute atomic E-state index is 11.9. The van der Waals surface area contributed by atoms with Gasteiger partial charge in [0.25, 0.3) is 5.56 Å². The summed E-state index contributed by atoms with van der Waals surface area (Å²) in [6, 6.07) is 3.96. The van der Waals surface area contributed by atoms with E-state index in [-0.39, 0.29) is 16.4 Å². The molecule has 1 aromatic rings. The first-order valence-corrected chi connectivity index (χ1v) is 5.36. The maximum atomic E-state index is 11.9. The molecule has 1 rings (SSSR count). The van der Waals surface area contributed by atoms with Crippen LogP contribution in [0, 0.1) is 0 Å². The van der Waals surface area contributed by atoms with Gasteiger partial charge in [0, 0.05) is 16.7 Å². The molecule has 0 aliphatic rings. The Kier molecular flexibility index (Phi) is 2.81. The molecule has 0 aliphatic carbocycles. The van der Waals surface area contributed by atoms with Gasteiger partial charge < -0.3 is 4.98 Å². The second-order valence-electron chi connectivity index (χ2n) is 6.11. The van der Waals surface area contributed by atoms with E-state index in [2.05, 4.69) is 25.8 Å². The van der Waals surface area contributed by atoms with Gasteiger partial charge in [0.05, 0.1) is 0 Å². The average molecular weight is 207 g/mol. The van der Waals surface area contributed by atoms with Crippen LogP contribution in [-0.2, 0) is 10.8 Å². The third-order valence-corrected chi connectivity index (χ3v) is 2.53. The summed E-state index contributed by atoms with van der Waals surface area (Å²) in [4.78, 5) is 14.8. The average Bonchev–Trinajstić information content (AvgIpc) is 1.99. The fraction of sp³-hybridized carbons (Fsp3) is 0.615. The van der Waals surface area contributed by atoms with Gasteiger partial charge in [0.2, 0.25) is 0 Å². The molecule has 1 aromatic heterocycles. The van der Waals surface area contributed by atoms with Crippen molar-refractivity contribution >= 4 is 0 Å². The zero-order chi connectivity index (χ0) is 11.9. The van der Waals surface area contributed by atoms with Crippen molar-refractivity contribution in [3.05, 3.63) is 33.7 Å². The molecule has 0 amide bonds. The molecule has 0 bridgehead atoms. The van der Waals surface area contributed by atoms with Gasteiger partial charge in [0.1, 0.15) is 0 Å². The first-order valence-electron chi connectivity index (χ1n) is 5.36. The van der Waals surface area contributed by atoms with Gasteiger partial charge in [-0.2, -0.15) is 0 Å². The summed E-state index contributed by atoms with van der Waals surface area (Å²) in [6.07, 6.45) is 0. The molecular weight excluding hydrogens is 186 g/mol. The van der Waals surface area contributed by atoms with Crippen LogP contribution in [0.25, 0.3) is 0 Å². The third-order valence-electron chi connectivity index (χ3n) is 2.53. The van der Waals surface area contributed by atoms with E-state index >= 15 is 0 Å². The minimum absolute atomic E-state index is 0.00439. The van der Waals surface area contributed by atoms with E-state index in [9.17, 15) is 4.79 Å². The second-order valence-corrected chi connectivity index (χ2v) is 6.11. The quantitative estimate of drug-likeness (QED) is 0.697. The molecule has 0 atom stereocenters. The first-order chi connectivity index (χ1) is 6.62. The lowest BCUT2D eigenvalue weighted by atomic mass is 9.86. The summed E-state index contributed by atoms with van der Waals surface area (Å²) in [5.74, 6) is 0. The van der Waals surface area contributed by atoms with Crippen molar-refractivity contribution in [3.63, 3.8) is 0 Å². The number of rotatable bonds is 0. The molecule has 0 radical (unpaired) electrons. The minimum Gasteiger partial charge on any atom is -0.325 e. The Balaban J connectivity index is 3.28. The highest BCUT2D eigenvalue weighted by atomic mass is 16.1. The molecule has 1 heterocycles. The van der Waals surface area contributed by atoms with Crippen LogP contribution in [0.1, 0.15) is 52.8 Å². The van der Waals surface area contributed by atoms with E-state index in [4.69, 9.17) is 0 Å². The van der Waals surface area contributed by atoms with Crippen molar-refractivity contribution in [1.29, 1.82) is 0 Å². The van der Waals surface area contributed by atoms with Gasteiger partial charge in [-0.3, -0.25) is 4.79 Å². The van der Waals surface area contributed by atoms with Crippen LogP contribution in [0.15, 0.2) is 16.9 Å². The second kappa shape index (κ2) is 3.51. The lowest BCUT2D eigenvalue weighted by molar-refractivity contribution is 0.551. The van der Waals surface area contributed by atoms with E-state index in [1.165, 1.54) is 0 Å². The molecule has 0 aliphatic heterocycles. The van der Waals surface area contributed by atoms with Crippen molar-refractivity contribution in [2.24, 2.45) is 0 Å². The summed E-state index contributed by atoms with van der Waals surface area (Å²) < 4.78 is 0. The maximum Gasteiger partial charge on any atom is 0.251 e. The van der Waals surface area contributed by atoms with E-state index in [1.807, 2.05) is 32.9 Å². The smallest absolute Gasteiger partial charge is 0.251 e. The summed E-state index contributed by atoms with van der Waals surface area (Å²) in [7, 11) is 0. The topological polar surface area (TPSA) is 32.9 Å². The van der Waals surface area contributed by atoms with Crippen LogP contribution < -0.4 is 5.56 Å². The van der Waals surface area contributed by atoms with Crippen LogP contribution in [0.3, 0.4) is 0 Å². The number of pyridine rings is 1. The van der Waals surface area contributed by atoms with Gasteiger partial charge >= 0.3 is 0 Å². The normalized spacial score (nSPS) is 12.9. The summed E-state index contributed by atoms with van der Waals surface area (Å²) in [5.41, 5.74) is 1.77. The molecule has 1 N–H and O–H groups in total. The Morgan fingerprint density at radius 2 is 1.47 bits per heavy atom. The van der Waals surface area contributed by atoms with Gasteiger partial charge in [0.15, 0.2) is 0 Å². The SMILES string of the molecule is CC(C)(C)c1ccc(C(C)(C)C)c(=O)[nH]1. The molecule has 0 saturated carbocycles. The molecule has 0 saturated heterocycles. The largest absolute Gasteiger partial charge is 0.325 e. The predicted octanol–water partition coefficient (Wildman–Crippen LogP) is 2.97. The Morgan fingerprint density at radius 3 is 1.80 bits per heavy atom.